The standard InChI is InChI=1S/C56H34N4OSi/c57-35-37-22-29-51-48(32-37)49-33-38(36-58)23-30-52(49)59(51)39-24-26-43(27-25-39)62(41-13-3-1-4-14-41,42-15-5-2-6-16-42)44-17-11-12-40(34-44)60-50-20-9-7-18-45(50)46-28-31-54-55(56(46)60)47-19-8-10-21-53(47)61-54/h1-34H. The van der Waals surface area contributed by atoms with Crippen LogP contribution in [0.25, 0.3) is 76.9 Å². The number of benzene rings is 9. The fourth-order valence-corrected chi connectivity index (χ4v) is 14.9. The zero-order chi connectivity index (χ0) is 41.4. The van der Waals surface area contributed by atoms with Crippen molar-refractivity contribution < 1.29 is 4.42 Å². The van der Waals surface area contributed by atoms with Crippen molar-refractivity contribution in [3.05, 3.63) is 217 Å². The van der Waals surface area contributed by atoms with Gasteiger partial charge in [-0.1, -0.05) is 121 Å². The Kier molecular flexibility index (Phi) is 7.92. The van der Waals surface area contributed by atoms with E-state index in [2.05, 4.69) is 185 Å². The molecule has 0 N–H and O–H groups in total. The predicted octanol–water partition coefficient (Wildman–Crippen LogP) is 10.9. The highest BCUT2D eigenvalue weighted by molar-refractivity contribution is 7.19. The largest absolute Gasteiger partial charge is 0.456 e. The summed E-state index contributed by atoms with van der Waals surface area (Å²) in [6.45, 7) is 0. The second-order valence-corrected chi connectivity index (χ2v) is 19.7. The third kappa shape index (κ3) is 5.12. The number of para-hydroxylation sites is 2. The Morgan fingerprint density at radius 3 is 1.60 bits per heavy atom. The average molecular weight is 807 g/mol. The fraction of sp³-hybridized carbons (Fsp3) is 0. The van der Waals surface area contributed by atoms with E-state index >= 15 is 0 Å². The molecular weight excluding hydrogens is 773 g/mol. The SMILES string of the molecule is N#Cc1ccc2c(c1)c1cc(C#N)ccc1n2-c1ccc([Si](c2ccccc2)(c2ccccc2)c2cccc(-n3c4ccccc4c4ccc5oc6ccccc6c5c43)c2)cc1. The maximum absolute atomic E-state index is 9.81. The Morgan fingerprint density at radius 1 is 0.371 bits per heavy atom. The Hall–Kier alpha value is -8.42. The van der Waals surface area contributed by atoms with Crippen molar-refractivity contribution in [2.24, 2.45) is 0 Å². The van der Waals surface area contributed by atoms with Crippen molar-refractivity contribution in [1.29, 1.82) is 10.5 Å². The Balaban J connectivity index is 1.12. The smallest absolute Gasteiger partial charge is 0.179 e. The van der Waals surface area contributed by atoms with Crippen LogP contribution in [0, 0.1) is 22.7 Å². The van der Waals surface area contributed by atoms with Crippen LogP contribution in [0.1, 0.15) is 11.1 Å². The van der Waals surface area contributed by atoms with Gasteiger partial charge in [0.15, 0.2) is 8.07 Å². The van der Waals surface area contributed by atoms with E-state index in [0.717, 1.165) is 66.2 Å². The van der Waals surface area contributed by atoms with Gasteiger partial charge in [-0.2, -0.15) is 10.5 Å². The van der Waals surface area contributed by atoms with Gasteiger partial charge in [0.05, 0.1) is 50.7 Å². The van der Waals surface area contributed by atoms with E-state index in [9.17, 15) is 10.5 Å². The van der Waals surface area contributed by atoms with Crippen LogP contribution >= 0.6 is 0 Å². The van der Waals surface area contributed by atoms with Crippen LogP contribution < -0.4 is 20.7 Å². The molecule has 6 heteroatoms. The van der Waals surface area contributed by atoms with Crippen molar-refractivity contribution in [3.63, 3.8) is 0 Å². The topological polar surface area (TPSA) is 70.6 Å². The number of aromatic nitrogens is 2. The third-order valence-electron chi connectivity index (χ3n) is 12.7. The van der Waals surface area contributed by atoms with Gasteiger partial charge < -0.3 is 13.6 Å². The highest BCUT2D eigenvalue weighted by Gasteiger charge is 2.41. The molecule has 0 saturated heterocycles. The van der Waals surface area contributed by atoms with Gasteiger partial charge in [0.1, 0.15) is 11.2 Å². The summed E-state index contributed by atoms with van der Waals surface area (Å²) in [5.41, 5.74) is 9.25. The number of nitriles is 2. The molecule has 0 amide bonds. The summed E-state index contributed by atoms with van der Waals surface area (Å²) < 4.78 is 11.2. The number of furan rings is 1. The molecule has 288 valence electrons. The van der Waals surface area contributed by atoms with Crippen LogP contribution in [0.15, 0.2) is 211 Å². The maximum Gasteiger partial charge on any atom is 0.179 e. The molecule has 9 aromatic carbocycles. The molecule has 3 aromatic heterocycles. The average Bonchev–Trinajstić information content (AvgIpc) is 4.00. The molecule has 0 aliphatic rings. The minimum absolute atomic E-state index is 0.585. The first-order valence-corrected chi connectivity index (χ1v) is 22.7. The summed E-state index contributed by atoms with van der Waals surface area (Å²) in [7, 11) is -3.02. The predicted molar refractivity (Wildman–Crippen MR) is 255 cm³/mol. The lowest BCUT2D eigenvalue weighted by Gasteiger charge is -2.35. The zero-order valence-electron chi connectivity index (χ0n) is 33.3. The van der Waals surface area contributed by atoms with E-state index in [4.69, 9.17) is 4.42 Å². The van der Waals surface area contributed by atoms with Gasteiger partial charge in [-0.15, -0.1) is 0 Å². The summed E-state index contributed by atoms with van der Waals surface area (Å²) in [4.78, 5) is 0. The van der Waals surface area contributed by atoms with Crippen molar-refractivity contribution in [1.82, 2.24) is 9.13 Å². The van der Waals surface area contributed by atoms with Crippen LogP contribution in [0.3, 0.4) is 0 Å². The molecule has 12 aromatic rings. The van der Waals surface area contributed by atoms with Gasteiger partial charge in [0.2, 0.25) is 0 Å². The summed E-state index contributed by atoms with van der Waals surface area (Å²) in [5.74, 6) is 0. The van der Waals surface area contributed by atoms with Crippen molar-refractivity contribution in [2.45, 2.75) is 0 Å². The van der Waals surface area contributed by atoms with Gasteiger partial charge >= 0.3 is 0 Å². The van der Waals surface area contributed by atoms with Crippen molar-refractivity contribution in [2.75, 3.05) is 0 Å². The molecule has 0 fully saturated rings. The van der Waals surface area contributed by atoms with Crippen LogP contribution in [0.2, 0.25) is 0 Å². The first-order chi connectivity index (χ1) is 30.6. The van der Waals surface area contributed by atoms with E-state index in [-0.39, 0.29) is 0 Å². The highest BCUT2D eigenvalue weighted by atomic mass is 28.3. The first-order valence-electron chi connectivity index (χ1n) is 20.7. The lowest BCUT2D eigenvalue weighted by molar-refractivity contribution is 0.669. The quantitative estimate of drug-likeness (QED) is 0.124. The second-order valence-electron chi connectivity index (χ2n) is 15.9. The molecule has 0 bridgehead atoms. The first kappa shape index (κ1) is 35.5. The molecule has 0 atom stereocenters. The molecule has 62 heavy (non-hydrogen) atoms. The van der Waals surface area contributed by atoms with Crippen molar-refractivity contribution >= 4 is 94.4 Å². The number of fused-ring (bicyclic) bond motifs is 10. The second kappa shape index (κ2) is 13.8. The maximum atomic E-state index is 9.81. The normalized spacial score (nSPS) is 11.8. The van der Waals surface area contributed by atoms with E-state index in [1.165, 1.54) is 31.5 Å². The van der Waals surface area contributed by atoms with Crippen LogP contribution in [0.5, 0.6) is 0 Å². The van der Waals surface area contributed by atoms with Crippen LogP contribution in [-0.4, -0.2) is 17.2 Å². The van der Waals surface area contributed by atoms with Crippen LogP contribution in [0.4, 0.5) is 0 Å². The Labute approximate surface area is 357 Å². The lowest BCUT2D eigenvalue weighted by Crippen LogP contribution is -2.74. The fourth-order valence-electron chi connectivity index (χ4n) is 10.1. The number of nitrogens with zero attached hydrogens (tertiary/aromatic N) is 4. The molecule has 0 saturated carbocycles. The van der Waals surface area contributed by atoms with Gasteiger partial charge in [-0.05, 0) is 106 Å². The number of rotatable bonds is 6. The molecule has 12 rings (SSSR count). The van der Waals surface area contributed by atoms with E-state index in [1.807, 2.05) is 42.5 Å². The monoisotopic (exact) mass is 806 g/mol. The molecular formula is C56H34N4OSi. The minimum Gasteiger partial charge on any atom is -0.456 e. The van der Waals surface area contributed by atoms with Gasteiger partial charge in [0, 0.05) is 38.3 Å². The van der Waals surface area contributed by atoms with Crippen molar-refractivity contribution in [3.8, 4) is 23.5 Å². The molecule has 0 spiro atoms. The van der Waals surface area contributed by atoms with Gasteiger partial charge in [-0.3, -0.25) is 0 Å². The lowest BCUT2D eigenvalue weighted by atomic mass is 10.1. The molecule has 0 aliphatic carbocycles. The number of hydrogen-bond acceptors (Lipinski definition) is 3. The summed E-state index contributed by atoms with van der Waals surface area (Å²) in [6.07, 6.45) is 0. The van der Waals surface area contributed by atoms with E-state index in [1.54, 1.807) is 0 Å². The summed E-state index contributed by atoms with van der Waals surface area (Å²) >= 11 is 0. The molecule has 0 aliphatic heterocycles. The van der Waals surface area contributed by atoms with E-state index < -0.39 is 8.07 Å². The zero-order valence-corrected chi connectivity index (χ0v) is 34.3. The number of hydrogen-bond donors (Lipinski definition) is 0. The molecule has 0 radical (unpaired) electrons. The molecule has 0 unspecified atom stereocenters. The van der Waals surface area contributed by atoms with E-state index in [0.29, 0.717) is 11.1 Å². The molecule has 5 nitrogen and oxygen atoms in total. The molecule has 3 heterocycles. The Bertz CT molecular complexity index is 3720. The third-order valence-corrected chi connectivity index (χ3v) is 17.5. The summed E-state index contributed by atoms with van der Waals surface area (Å²) in [6, 6.07) is 78.0. The van der Waals surface area contributed by atoms with Gasteiger partial charge in [-0.25, -0.2) is 0 Å². The van der Waals surface area contributed by atoms with Crippen LogP contribution in [-0.2, 0) is 0 Å². The van der Waals surface area contributed by atoms with Gasteiger partial charge in [0.25, 0.3) is 0 Å². The Morgan fingerprint density at radius 2 is 0.935 bits per heavy atom. The minimum atomic E-state index is -3.02. The summed E-state index contributed by atoms with van der Waals surface area (Å²) in [5, 5.41) is 31.2. The highest BCUT2D eigenvalue weighted by Crippen LogP contribution is 2.41.